The fourth-order valence-electron chi connectivity index (χ4n) is 2.74. The van der Waals surface area contributed by atoms with Crippen LogP contribution >= 0.6 is 0 Å². The predicted molar refractivity (Wildman–Crippen MR) is 95.0 cm³/mol. The van der Waals surface area contributed by atoms with E-state index in [9.17, 15) is 18.0 Å². The molecule has 1 aromatic carbocycles. The molecule has 8 heteroatoms. The van der Waals surface area contributed by atoms with Crippen LogP contribution in [0, 0.1) is 20.8 Å². The third-order valence-corrected chi connectivity index (χ3v) is 5.58. The Labute approximate surface area is 149 Å². The molecule has 0 unspecified atom stereocenters. The molecule has 0 aliphatic rings. The fourth-order valence-corrected chi connectivity index (χ4v) is 4.22. The second-order valence-corrected chi connectivity index (χ2v) is 7.89. The minimum Gasteiger partial charge on any atom is -0.481 e. The summed E-state index contributed by atoms with van der Waals surface area (Å²) < 4.78 is 27.4. The molecule has 0 aliphatic carbocycles. The van der Waals surface area contributed by atoms with Crippen LogP contribution in [0.1, 0.15) is 36.0 Å². The number of benzene rings is 1. The molecule has 0 spiro atoms. The van der Waals surface area contributed by atoms with Crippen LogP contribution in [0.15, 0.2) is 17.0 Å². The minimum absolute atomic E-state index is 0.00278. The lowest BCUT2D eigenvalue weighted by Crippen LogP contribution is -2.33. The first-order valence-corrected chi connectivity index (χ1v) is 9.56. The molecule has 2 N–H and O–H groups in total. The number of nitrogens with zero attached hydrogens (tertiary/aromatic N) is 1. The summed E-state index contributed by atoms with van der Waals surface area (Å²) in [5.41, 5.74) is 2.33. The van der Waals surface area contributed by atoms with E-state index in [2.05, 4.69) is 4.72 Å². The van der Waals surface area contributed by atoms with Gasteiger partial charge in [0.2, 0.25) is 15.9 Å². The summed E-state index contributed by atoms with van der Waals surface area (Å²) in [6.45, 7) is 5.72. The third-order valence-electron chi connectivity index (χ3n) is 3.81. The largest absolute Gasteiger partial charge is 0.481 e. The zero-order valence-electron chi connectivity index (χ0n) is 15.1. The number of hydrogen-bond donors (Lipinski definition) is 2. The average molecular weight is 370 g/mol. The molecule has 7 nitrogen and oxygen atoms in total. The van der Waals surface area contributed by atoms with Crippen LogP contribution in [0.5, 0.6) is 0 Å². The zero-order chi connectivity index (χ0) is 19.2. The number of sulfonamides is 1. The standard InChI is InChI=1S/C17H26N2O5S/c1-12-10-13(2)17(14(3)11-12)25(23,24)18-8-7-15(20)19(4)9-5-6-16(21)22/h10-11,18H,5-9H2,1-4H3,(H,21,22). The highest BCUT2D eigenvalue weighted by Crippen LogP contribution is 2.21. The summed E-state index contributed by atoms with van der Waals surface area (Å²) >= 11 is 0. The van der Waals surface area contributed by atoms with Crippen molar-refractivity contribution in [3.63, 3.8) is 0 Å². The molecule has 0 radical (unpaired) electrons. The number of carbonyl (C=O) groups excluding carboxylic acids is 1. The van der Waals surface area contributed by atoms with Gasteiger partial charge in [0.15, 0.2) is 0 Å². The molecule has 0 fully saturated rings. The van der Waals surface area contributed by atoms with E-state index in [4.69, 9.17) is 5.11 Å². The van der Waals surface area contributed by atoms with Crippen LogP contribution in [-0.4, -0.2) is 50.4 Å². The molecule has 25 heavy (non-hydrogen) atoms. The van der Waals surface area contributed by atoms with Gasteiger partial charge in [-0.2, -0.15) is 0 Å². The van der Waals surface area contributed by atoms with Crippen LogP contribution < -0.4 is 4.72 Å². The monoisotopic (exact) mass is 370 g/mol. The first-order valence-electron chi connectivity index (χ1n) is 8.08. The van der Waals surface area contributed by atoms with Gasteiger partial charge >= 0.3 is 5.97 Å². The number of carboxylic acids is 1. The highest BCUT2D eigenvalue weighted by molar-refractivity contribution is 7.89. The van der Waals surface area contributed by atoms with E-state index in [-0.39, 0.29) is 30.2 Å². The lowest BCUT2D eigenvalue weighted by atomic mass is 10.1. The van der Waals surface area contributed by atoms with E-state index in [1.165, 1.54) is 4.90 Å². The smallest absolute Gasteiger partial charge is 0.303 e. The lowest BCUT2D eigenvalue weighted by Gasteiger charge is -2.17. The molecule has 0 aliphatic heterocycles. The van der Waals surface area contributed by atoms with Gasteiger partial charge in [-0.1, -0.05) is 17.7 Å². The van der Waals surface area contributed by atoms with E-state index in [0.717, 1.165) is 5.56 Å². The maximum Gasteiger partial charge on any atom is 0.303 e. The van der Waals surface area contributed by atoms with Crippen LogP contribution in [0.4, 0.5) is 0 Å². The molecule has 0 saturated heterocycles. The predicted octanol–water partition coefficient (Wildman–Crippen LogP) is 1.60. The van der Waals surface area contributed by atoms with Crippen LogP contribution in [-0.2, 0) is 19.6 Å². The Balaban J connectivity index is 2.60. The van der Waals surface area contributed by atoms with E-state index >= 15 is 0 Å². The summed E-state index contributed by atoms with van der Waals surface area (Å²) in [4.78, 5) is 24.1. The summed E-state index contributed by atoms with van der Waals surface area (Å²) in [7, 11) is -2.11. The van der Waals surface area contributed by atoms with Gasteiger partial charge in [-0.3, -0.25) is 9.59 Å². The van der Waals surface area contributed by atoms with Crippen molar-refractivity contribution in [1.29, 1.82) is 0 Å². The topological polar surface area (TPSA) is 104 Å². The van der Waals surface area contributed by atoms with Crippen molar-refractivity contribution in [1.82, 2.24) is 9.62 Å². The number of aryl methyl sites for hydroxylation is 3. The quantitative estimate of drug-likeness (QED) is 0.687. The van der Waals surface area contributed by atoms with E-state index in [1.54, 1.807) is 20.9 Å². The van der Waals surface area contributed by atoms with E-state index < -0.39 is 16.0 Å². The summed E-state index contributed by atoms with van der Waals surface area (Å²) in [5, 5.41) is 8.59. The molecule has 140 valence electrons. The number of amides is 1. The van der Waals surface area contributed by atoms with Gasteiger partial charge in [0.05, 0.1) is 4.90 Å². The molecular formula is C17H26N2O5S. The normalized spacial score (nSPS) is 11.4. The van der Waals surface area contributed by atoms with Crippen molar-refractivity contribution in [3.05, 3.63) is 28.8 Å². The zero-order valence-corrected chi connectivity index (χ0v) is 15.9. The highest BCUT2D eigenvalue weighted by atomic mass is 32.2. The van der Waals surface area contributed by atoms with E-state index in [0.29, 0.717) is 24.1 Å². The Kier molecular flexibility index (Phi) is 7.57. The van der Waals surface area contributed by atoms with Gasteiger partial charge in [-0.25, -0.2) is 13.1 Å². The number of carbonyl (C=O) groups is 2. The van der Waals surface area contributed by atoms with E-state index in [1.807, 2.05) is 19.1 Å². The number of carboxylic acid groups (broad SMARTS) is 1. The molecule has 0 bridgehead atoms. The lowest BCUT2D eigenvalue weighted by molar-refractivity contribution is -0.138. The molecule has 0 saturated carbocycles. The maximum atomic E-state index is 12.5. The van der Waals surface area contributed by atoms with Crippen molar-refractivity contribution < 1.29 is 23.1 Å². The molecule has 0 heterocycles. The Bertz CT molecular complexity index is 720. The van der Waals surface area contributed by atoms with Gasteiger partial charge in [0.1, 0.15) is 0 Å². The van der Waals surface area contributed by atoms with Crippen molar-refractivity contribution in [3.8, 4) is 0 Å². The summed E-state index contributed by atoms with van der Waals surface area (Å²) in [6.07, 6.45) is 0.383. The number of hydrogen-bond acceptors (Lipinski definition) is 4. The first kappa shape index (κ1) is 21.1. The van der Waals surface area contributed by atoms with Gasteiger partial charge in [-0.05, 0) is 38.3 Å². The maximum absolute atomic E-state index is 12.5. The molecule has 0 aromatic heterocycles. The van der Waals surface area contributed by atoms with Crippen molar-refractivity contribution in [2.24, 2.45) is 0 Å². The average Bonchev–Trinajstić information content (AvgIpc) is 2.44. The van der Waals surface area contributed by atoms with Crippen molar-refractivity contribution >= 4 is 21.9 Å². The minimum atomic E-state index is -3.69. The molecule has 1 aromatic rings. The van der Waals surface area contributed by atoms with Crippen molar-refractivity contribution in [2.45, 2.75) is 44.9 Å². The first-order chi connectivity index (χ1) is 11.5. The van der Waals surface area contributed by atoms with Gasteiger partial charge in [-0.15, -0.1) is 0 Å². The molecule has 0 atom stereocenters. The molecule has 1 amide bonds. The van der Waals surface area contributed by atoms with Crippen LogP contribution in [0.3, 0.4) is 0 Å². The molecule has 1 rings (SSSR count). The Morgan fingerprint density at radius 3 is 2.20 bits per heavy atom. The van der Waals surface area contributed by atoms with Gasteiger partial charge in [0, 0.05) is 33.0 Å². The Morgan fingerprint density at radius 2 is 1.68 bits per heavy atom. The third kappa shape index (κ3) is 6.47. The second kappa shape index (κ2) is 8.96. The summed E-state index contributed by atoms with van der Waals surface area (Å²) in [6, 6.07) is 3.62. The second-order valence-electron chi connectivity index (χ2n) is 6.19. The SMILES string of the molecule is Cc1cc(C)c(S(=O)(=O)NCCC(=O)N(C)CCCC(=O)O)c(C)c1. The van der Waals surface area contributed by atoms with Crippen LogP contribution in [0.25, 0.3) is 0 Å². The van der Waals surface area contributed by atoms with Crippen molar-refractivity contribution in [2.75, 3.05) is 20.1 Å². The Morgan fingerprint density at radius 1 is 1.12 bits per heavy atom. The van der Waals surface area contributed by atoms with Gasteiger partial charge in [0.25, 0.3) is 0 Å². The Hall–Kier alpha value is -1.93. The highest BCUT2D eigenvalue weighted by Gasteiger charge is 2.20. The number of nitrogens with one attached hydrogen (secondary N) is 1. The molecular weight excluding hydrogens is 344 g/mol. The van der Waals surface area contributed by atoms with Gasteiger partial charge < -0.3 is 10.0 Å². The van der Waals surface area contributed by atoms with Crippen LogP contribution in [0.2, 0.25) is 0 Å². The fraction of sp³-hybridized carbons (Fsp3) is 0.529. The summed E-state index contributed by atoms with van der Waals surface area (Å²) in [5.74, 6) is -1.14. The number of aliphatic carboxylic acids is 1. The number of rotatable bonds is 9.